The number of carbonyl (C=O) groups is 5. The van der Waals surface area contributed by atoms with Crippen molar-refractivity contribution < 1.29 is 34.2 Å². The maximum absolute atomic E-state index is 12.8. The highest BCUT2D eigenvalue weighted by Crippen LogP contribution is 2.09. The molecule has 5 amide bonds. The molecule has 0 saturated heterocycles. The molecule has 1 rings (SSSR count). The highest BCUT2D eigenvalue weighted by atomic mass is 16.4. The van der Waals surface area contributed by atoms with Gasteiger partial charge in [0.15, 0.2) is 0 Å². The van der Waals surface area contributed by atoms with E-state index in [0.717, 1.165) is 0 Å². The summed E-state index contributed by atoms with van der Waals surface area (Å²) in [6, 6.07) is 3.71. The number of nitrogens with two attached hydrogens (primary N) is 1. The number of carboxylic acids is 1. The SMILES string of the molecule is CC(C)C[C@H](NC(=O)Nc1ccccc1)C(=O)N[C@@H](CC(=O)O)C(=O)N[C@H](C(N)=O)[C@@H](C)O. The molecule has 0 heterocycles. The van der Waals surface area contributed by atoms with Crippen molar-refractivity contribution in [2.45, 2.75) is 57.8 Å². The van der Waals surface area contributed by atoms with Crippen LogP contribution in [0.25, 0.3) is 0 Å². The van der Waals surface area contributed by atoms with Crippen molar-refractivity contribution >= 4 is 35.4 Å². The van der Waals surface area contributed by atoms with E-state index >= 15 is 0 Å². The van der Waals surface area contributed by atoms with Crippen molar-refractivity contribution in [2.75, 3.05) is 5.32 Å². The number of aliphatic hydroxyl groups excluding tert-OH is 1. The number of amides is 5. The van der Waals surface area contributed by atoms with Crippen LogP contribution in [0, 0.1) is 5.92 Å². The van der Waals surface area contributed by atoms with E-state index in [2.05, 4.69) is 21.3 Å². The fourth-order valence-electron chi connectivity index (χ4n) is 2.89. The van der Waals surface area contributed by atoms with E-state index in [1.807, 2.05) is 13.8 Å². The minimum atomic E-state index is -1.58. The standard InChI is InChI=1S/C21H31N5O7/c1-11(2)9-14(25-21(33)23-13-7-5-4-6-8-13)19(31)24-15(10-16(28)29)20(32)26-17(12(3)27)18(22)30/h4-8,11-12,14-15,17,27H,9-10H2,1-3H3,(H2,22,30)(H,24,31)(H,26,32)(H,28,29)(H2,23,25,33)/t12-,14+,15+,17+/m1/s1. The molecule has 33 heavy (non-hydrogen) atoms. The van der Waals surface area contributed by atoms with Crippen LogP contribution in [0.1, 0.15) is 33.6 Å². The Hall–Kier alpha value is -3.67. The highest BCUT2D eigenvalue weighted by molar-refractivity contribution is 5.97. The first-order valence-corrected chi connectivity index (χ1v) is 10.3. The molecule has 12 nitrogen and oxygen atoms in total. The number of aliphatic hydroxyl groups is 1. The lowest BCUT2D eigenvalue weighted by Crippen LogP contribution is -2.59. The molecule has 0 unspecified atom stereocenters. The van der Waals surface area contributed by atoms with E-state index in [1.54, 1.807) is 30.3 Å². The first-order valence-electron chi connectivity index (χ1n) is 10.3. The average Bonchev–Trinajstić information content (AvgIpc) is 2.70. The quantitative estimate of drug-likeness (QED) is 0.216. The number of rotatable bonds is 12. The van der Waals surface area contributed by atoms with Gasteiger partial charge in [0, 0.05) is 5.69 Å². The summed E-state index contributed by atoms with van der Waals surface area (Å²) in [5.41, 5.74) is 5.64. The number of hydrogen-bond donors (Lipinski definition) is 7. The van der Waals surface area contributed by atoms with Gasteiger partial charge in [-0.05, 0) is 31.4 Å². The van der Waals surface area contributed by atoms with Gasteiger partial charge in [-0.3, -0.25) is 19.2 Å². The van der Waals surface area contributed by atoms with Gasteiger partial charge >= 0.3 is 12.0 Å². The number of para-hydroxylation sites is 1. The fourth-order valence-corrected chi connectivity index (χ4v) is 2.89. The van der Waals surface area contributed by atoms with Gasteiger partial charge in [-0.25, -0.2) is 4.79 Å². The van der Waals surface area contributed by atoms with Crippen LogP contribution >= 0.6 is 0 Å². The Labute approximate surface area is 191 Å². The molecule has 4 atom stereocenters. The average molecular weight is 466 g/mol. The number of carboxylic acid groups (broad SMARTS) is 1. The summed E-state index contributed by atoms with van der Waals surface area (Å²) >= 11 is 0. The van der Waals surface area contributed by atoms with Crippen LogP contribution in [-0.4, -0.2) is 64.2 Å². The summed E-state index contributed by atoms with van der Waals surface area (Å²) < 4.78 is 0. The molecule has 12 heteroatoms. The number of carbonyl (C=O) groups excluding carboxylic acids is 4. The van der Waals surface area contributed by atoms with Gasteiger partial charge in [0.1, 0.15) is 18.1 Å². The van der Waals surface area contributed by atoms with Gasteiger partial charge in [-0.15, -0.1) is 0 Å². The Balaban J connectivity index is 2.95. The molecule has 1 aromatic carbocycles. The van der Waals surface area contributed by atoms with Crippen molar-refractivity contribution in [2.24, 2.45) is 11.7 Å². The van der Waals surface area contributed by atoms with Gasteiger partial charge in [0.2, 0.25) is 17.7 Å². The Morgan fingerprint density at radius 2 is 1.48 bits per heavy atom. The summed E-state index contributed by atoms with van der Waals surface area (Å²) in [6.07, 6.45) is -1.94. The zero-order chi connectivity index (χ0) is 25.1. The number of benzene rings is 1. The van der Waals surface area contributed by atoms with Gasteiger partial charge in [-0.1, -0.05) is 32.0 Å². The van der Waals surface area contributed by atoms with Crippen LogP contribution in [0.15, 0.2) is 30.3 Å². The zero-order valence-electron chi connectivity index (χ0n) is 18.7. The van der Waals surface area contributed by atoms with Crippen molar-refractivity contribution in [1.82, 2.24) is 16.0 Å². The second-order valence-electron chi connectivity index (χ2n) is 7.93. The third-order valence-electron chi connectivity index (χ3n) is 4.46. The van der Waals surface area contributed by atoms with Gasteiger partial charge < -0.3 is 37.2 Å². The second-order valence-corrected chi connectivity index (χ2v) is 7.93. The Kier molecular flexibility index (Phi) is 10.8. The number of urea groups is 1. The third-order valence-corrected chi connectivity index (χ3v) is 4.46. The lowest BCUT2D eigenvalue weighted by molar-refractivity contribution is -0.141. The van der Waals surface area contributed by atoms with Gasteiger partial charge in [-0.2, -0.15) is 0 Å². The molecule has 0 fully saturated rings. The molecule has 0 aliphatic rings. The minimum Gasteiger partial charge on any atom is -0.481 e. The number of nitrogens with one attached hydrogen (secondary N) is 4. The number of primary amides is 1. The van der Waals surface area contributed by atoms with E-state index in [-0.39, 0.29) is 12.3 Å². The topological polar surface area (TPSA) is 200 Å². The molecule has 0 spiro atoms. The van der Waals surface area contributed by atoms with E-state index in [9.17, 15) is 29.1 Å². The van der Waals surface area contributed by atoms with E-state index in [0.29, 0.717) is 5.69 Å². The largest absolute Gasteiger partial charge is 0.481 e. The predicted molar refractivity (Wildman–Crippen MR) is 119 cm³/mol. The second kappa shape index (κ2) is 13.0. The van der Waals surface area contributed by atoms with Crippen LogP contribution in [0.4, 0.5) is 10.5 Å². The summed E-state index contributed by atoms with van der Waals surface area (Å²) in [7, 11) is 0. The first-order chi connectivity index (χ1) is 15.4. The van der Waals surface area contributed by atoms with Crippen LogP contribution < -0.4 is 27.0 Å². The van der Waals surface area contributed by atoms with Crippen LogP contribution in [0.3, 0.4) is 0 Å². The van der Waals surface area contributed by atoms with Crippen molar-refractivity contribution in [3.05, 3.63) is 30.3 Å². The predicted octanol–water partition coefficient (Wildman–Crippen LogP) is -0.467. The molecule has 1 aromatic rings. The van der Waals surface area contributed by atoms with Crippen molar-refractivity contribution in [3.63, 3.8) is 0 Å². The van der Waals surface area contributed by atoms with E-state index in [4.69, 9.17) is 10.8 Å². The number of anilines is 1. The minimum absolute atomic E-state index is 0.0287. The first kappa shape index (κ1) is 27.4. The third kappa shape index (κ3) is 9.99. The van der Waals surface area contributed by atoms with Crippen molar-refractivity contribution in [1.29, 1.82) is 0 Å². The van der Waals surface area contributed by atoms with E-state index < -0.39 is 60.4 Å². The van der Waals surface area contributed by atoms with Crippen molar-refractivity contribution in [3.8, 4) is 0 Å². The summed E-state index contributed by atoms with van der Waals surface area (Å²) in [5.74, 6) is -4.26. The highest BCUT2D eigenvalue weighted by Gasteiger charge is 2.32. The lowest BCUT2D eigenvalue weighted by Gasteiger charge is -2.25. The van der Waals surface area contributed by atoms with Gasteiger partial charge in [0.25, 0.3) is 0 Å². The van der Waals surface area contributed by atoms with E-state index in [1.165, 1.54) is 6.92 Å². The summed E-state index contributed by atoms with van der Waals surface area (Å²) in [5, 5.41) is 28.3. The molecule has 182 valence electrons. The summed E-state index contributed by atoms with van der Waals surface area (Å²) in [4.78, 5) is 60.4. The molecule has 0 aliphatic carbocycles. The molecular formula is C21H31N5O7. The van der Waals surface area contributed by atoms with Crippen LogP contribution in [-0.2, 0) is 19.2 Å². The normalized spacial score (nSPS) is 14.3. The fraction of sp³-hybridized carbons (Fsp3) is 0.476. The van der Waals surface area contributed by atoms with Gasteiger partial charge in [0.05, 0.1) is 12.5 Å². The molecule has 8 N–H and O–H groups in total. The lowest BCUT2D eigenvalue weighted by atomic mass is 10.0. The number of hydrogen-bond acceptors (Lipinski definition) is 6. The molecule has 0 radical (unpaired) electrons. The molecular weight excluding hydrogens is 434 g/mol. The Morgan fingerprint density at radius 3 is 1.97 bits per heavy atom. The van der Waals surface area contributed by atoms with Crippen LogP contribution in [0.5, 0.6) is 0 Å². The molecule has 0 aliphatic heterocycles. The monoisotopic (exact) mass is 465 g/mol. The molecule has 0 saturated carbocycles. The zero-order valence-corrected chi connectivity index (χ0v) is 18.7. The van der Waals surface area contributed by atoms with Crippen LogP contribution in [0.2, 0.25) is 0 Å². The Morgan fingerprint density at radius 1 is 0.909 bits per heavy atom. The maximum Gasteiger partial charge on any atom is 0.319 e. The summed E-state index contributed by atoms with van der Waals surface area (Å²) in [6.45, 7) is 4.85. The maximum atomic E-state index is 12.8. The Bertz CT molecular complexity index is 845. The smallest absolute Gasteiger partial charge is 0.319 e. The molecule has 0 aromatic heterocycles. The number of aliphatic carboxylic acids is 1. The molecule has 0 bridgehead atoms.